The number of carbonyl (C=O) groups excluding carboxylic acids is 2. The van der Waals surface area contributed by atoms with Gasteiger partial charge in [-0.1, -0.05) is 5.21 Å². The number of amides is 3. The van der Waals surface area contributed by atoms with E-state index < -0.39 is 32.8 Å². The lowest BCUT2D eigenvalue weighted by molar-refractivity contribution is -0.402. The van der Waals surface area contributed by atoms with Crippen LogP contribution in [0.2, 0.25) is 0 Å². The van der Waals surface area contributed by atoms with Gasteiger partial charge in [0, 0.05) is 0 Å². The molecule has 1 aromatic carbocycles. The van der Waals surface area contributed by atoms with Gasteiger partial charge in [-0.15, -0.1) is 5.10 Å². The zero-order valence-corrected chi connectivity index (χ0v) is 17.3. The molecule has 0 spiro atoms. The van der Waals surface area contributed by atoms with Crippen molar-refractivity contribution in [3.05, 3.63) is 64.2 Å². The van der Waals surface area contributed by atoms with Crippen LogP contribution in [0.1, 0.15) is 11.5 Å². The number of nitro groups is 1. The van der Waals surface area contributed by atoms with E-state index >= 15 is 0 Å². The van der Waals surface area contributed by atoms with Gasteiger partial charge in [-0.25, -0.2) is 28.0 Å². The molecular weight excluding hydrogens is 460 g/mol. The SMILES string of the molecule is NS(=O)(=O)c1ccc(-n2cc(CN3C(=O)CN(/N=C/c4ccc([N+](=O)[O-])o4)C3=O)nn2)cc1. The van der Waals surface area contributed by atoms with Crippen LogP contribution in [0, 0.1) is 10.1 Å². The zero-order chi connectivity index (χ0) is 23.8. The van der Waals surface area contributed by atoms with Crippen LogP contribution in [0.15, 0.2) is 57.0 Å². The molecule has 2 N–H and O–H groups in total. The molecule has 2 aromatic heterocycles. The molecule has 0 saturated carbocycles. The van der Waals surface area contributed by atoms with Crippen molar-refractivity contribution in [2.75, 3.05) is 6.54 Å². The highest BCUT2D eigenvalue weighted by molar-refractivity contribution is 7.89. The second-order valence-electron chi connectivity index (χ2n) is 6.69. The van der Waals surface area contributed by atoms with E-state index in [9.17, 15) is 28.1 Å². The third kappa shape index (κ3) is 4.60. The number of sulfonamides is 1. The van der Waals surface area contributed by atoms with Gasteiger partial charge in [0.25, 0.3) is 5.91 Å². The molecule has 3 amide bonds. The molecule has 0 radical (unpaired) electrons. The van der Waals surface area contributed by atoms with Gasteiger partial charge < -0.3 is 4.42 Å². The second kappa shape index (κ2) is 8.24. The van der Waals surface area contributed by atoms with Crippen molar-refractivity contribution in [2.45, 2.75) is 11.4 Å². The van der Waals surface area contributed by atoms with Gasteiger partial charge in [0.15, 0.2) is 5.76 Å². The van der Waals surface area contributed by atoms with E-state index in [0.29, 0.717) is 11.4 Å². The predicted octanol–water partition coefficient (Wildman–Crippen LogP) is 0.214. The van der Waals surface area contributed by atoms with Gasteiger partial charge in [-0.05, 0) is 30.3 Å². The number of aromatic nitrogens is 3. The van der Waals surface area contributed by atoms with Crippen molar-refractivity contribution in [3.63, 3.8) is 0 Å². The summed E-state index contributed by atoms with van der Waals surface area (Å²) in [6.45, 7) is -0.507. The number of hydrogen-bond acceptors (Lipinski definition) is 10. The molecule has 1 aliphatic rings. The van der Waals surface area contributed by atoms with Crippen LogP contribution in [-0.4, -0.2) is 62.9 Å². The van der Waals surface area contributed by atoms with Gasteiger partial charge in [-0.3, -0.25) is 19.8 Å². The first kappa shape index (κ1) is 21.8. The molecule has 3 aromatic rings. The Morgan fingerprint density at radius 2 is 1.94 bits per heavy atom. The molecule has 1 aliphatic heterocycles. The average Bonchev–Trinajstić information content (AvgIpc) is 3.48. The number of hydrazone groups is 1. The van der Waals surface area contributed by atoms with Crippen molar-refractivity contribution >= 4 is 34.1 Å². The van der Waals surface area contributed by atoms with Crippen LogP contribution in [-0.2, 0) is 21.4 Å². The zero-order valence-electron chi connectivity index (χ0n) is 16.5. The van der Waals surface area contributed by atoms with Crippen molar-refractivity contribution in [2.24, 2.45) is 10.2 Å². The van der Waals surface area contributed by atoms with E-state index in [0.717, 1.165) is 22.2 Å². The molecule has 1 saturated heterocycles. The molecule has 33 heavy (non-hydrogen) atoms. The van der Waals surface area contributed by atoms with Gasteiger partial charge in [0.1, 0.15) is 17.2 Å². The quantitative estimate of drug-likeness (QED) is 0.215. The van der Waals surface area contributed by atoms with Gasteiger partial charge in [0.2, 0.25) is 10.0 Å². The maximum Gasteiger partial charge on any atom is 0.433 e. The Morgan fingerprint density at radius 3 is 2.58 bits per heavy atom. The highest BCUT2D eigenvalue weighted by atomic mass is 32.2. The first-order valence-corrected chi connectivity index (χ1v) is 10.6. The Hall–Kier alpha value is -4.44. The molecule has 15 nitrogen and oxygen atoms in total. The summed E-state index contributed by atoms with van der Waals surface area (Å²) in [5.41, 5.74) is 0.777. The fraction of sp³-hybridized carbons (Fsp3) is 0.118. The molecular formula is C17H14N8O7S. The number of hydrogen-bond donors (Lipinski definition) is 1. The van der Waals surface area contributed by atoms with Crippen LogP contribution in [0.5, 0.6) is 0 Å². The van der Waals surface area contributed by atoms with E-state index in [1.165, 1.54) is 41.2 Å². The first-order chi connectivity index (χ1) is 15.6. The highest BCUT2D eigenvalue weighted by Gasteiger charge is 2.36. The molecule has 1 fully saturated rings. The minimum absolute atomic E-state index is 0.0387. The Bertz CT molecular complexity index is 1380. The number of urea groups is 1. The Balaban J connectivity index is 1.43. The van der Waals surface area contributed by atoms with E-state index in [-0.39, 0.29) is 23.7 Å². The van der Waals surface area contributed by atoms with E-state index in [1.54, 1.807) is 0 Å². The summed E-state index contributed by atoms with van der Waals surface area (Å²) in [6.07, 6.45) is 2.56. The van der Waals surface area contributed by atoms with Gasteiger partial charge in [0.05, 0.1) is 35.6 Å². The van der Waals surface area contributed by atoms with Crippen LogP contribution in [0.25, 0.3) is 5.69 Å². The van der Waals surface area contributed by atoms with Crippen LogP contribution < -0.4 is 5.14 Å². The number of rotatable bonds is 7. The van der Waals surface area contributed by atoms with Crippen molar-refractivity contribution in [1.29, 1.82) is 0 Å². The van der Waals surface area contributed by atoms with Gasteiger partial charge >= 0.3 is 11.9 Å². The smallest absolute Gasteiger partial charge is 0.400 e. The normalized spacial score (nSPS) is 14.6. The van der Waals surface area contributed by atoms with Crippen molar-refractivity contribution < 1.29 is 27.3 Å². The highest BCUT2D eigenvalue weighted by Crippen LogP contribution is 2.17. The minimum atomic E-state index is -3.83. The number of nitrogens with zero attached hydrogens (tertiary/aromatic N) is 7. The maximum atomic E-state index is 12.5. The number of primary sulfonamides is 1. The summed E-state index contributed by atoms with van der Waals surface area (Å²) in [5, 5.41) is 28.3. The minimum Gasteiger partial charge on any atom is -0.400 e. The lowest BCUT2D eigenvalue weighted by Crippen LogP contribution is -2.31. The predicted molar refractivity (Wildman–Crippen MR) is 108 cm³/mol. The average molecular weight is 474 g/mol. The third-order valence-corrected chi connectivity index (χ3v) is 5.37. The summed E-state index contributed by atoms with van der Waals surface area (Å²) in [4.78, 5) is 35.6. The molecule has 0 atom stereocenters. The molecule has 170 valence electrons. The number of imide groups is 1. The lowest BCUT2D eigenvalue weighted by Gasteiger charge is -2.11. The summed E-state index contributed by atoms with van der Waals surface area (Å²) in [6, 6.07) is 7.28. The Kier molecular flexibility index (Phi) is 5.44. The van der Waals surface area contributed by atoms with E-state index in [2.05, 4.69) is 15.4 Å². The first-order valence-electron chi connectivity index (χ1n) is 9.06. The number of furan rings is 1. The third-order valence-electron chi connectivity index (χ3n) is 4.45. The molecule has 0 unspecified atom stereocenters. The second-order valence-corrected chi connectivity index (χ2v) is 8.25. The van der Waals surface area contributed by atoms with Crippen LogP contribution in [0.4, 0.5) is 10.7 Å². The summed E-state index contributed by atoms with van der Waals surface area (Å²) >= 11 is 0. The lowest BCUT2D eigenvalue weighted by atomic mass is 10.3. The molecule has 4 rings (SSSR count). The summed E-state index contributed by atoms with van der Waals surface area (Å²) in [5.74, 6) is -0.976. The summed E-state index contributed by atoms with van der Waals surface area (Å²) in [7, 11) is -3.83. The summed E-state index contributed by atoms with van der Waals surface area (Å²) < 4.78 is 29.0. The number of nitrogens with two attached hydrogens (primary N) is 1. The van der Waals surface area contributed by atoms with Crippen LogP contribution >= 0.6 is 0 Å². The van der Waals surface area contributed by atoms with Crippen LogP contribution in [0.3, 0.4) is 0 Å². The monoisotopic (exact) mass is 474 g/mol. The fourth-order valence-corrected chi connectivity index (χ4v) is 3.37. The van der Waals surface area contributed by atoms with Gasteiger partial charge in [-0.2, -0.15) is 5.10 Å². The van der Waals surface area contributed by atoms with E-state index in [1.807, 2.05) is 0 Å². The molecule has 0 bridgehead atoms. The number of carbonyl (C=O) groups is 2. The Labute approximate surface area is 184 Å². The van der Waals surface area contributed by atoms with Crippen molar-refractivity contribution in [1.82, 2.24) is 24.9 Å². The number of benzene rings is 1. The largest absolute Gasteiger partial charge is 0.433 e. The molecule has 0 aliphatic carbocycles. The maximum absolute atomic E-state index is 12.5. The molecule has 16 heteroatoms. The van der Waals surface area contributed by atoms with E-state index in [4.69, 9.17) is 9.56 Å². The molecule has 3 heterocycles. The topological polar surface area (TPSA) is 200 Å². The fourth-order valence-electron chi connectivity index (χ4n) is 2.86. The van der Waals surface area contributed by atoms with Crippen molar-refractivity contribution in [3.8, 4) is 5.69 Å². The standard InChI is InChI=1S/C17H14N8O7S/c18-33(30,31)14-4-1-12(2-5-14)23-9-11(20-21-23)8-22-15(26)10-24(17(22)27)19-7-13-3-6-16(32-13)25(28)29/h1-7,9H,8,10H2,(H2,18,30,31)/b19-7+. The Morgan fingerprint density at radius 1 is 1.21 bits per heavy atom.